The van der Waals surface area contributed by atoms with Crippen LogP contribution in [-0.4, -0.2) is 10.2 Å². The van der Waals surface area contributed by atoms with Gasteiger partial charge in [0.2, 0.25) is 0 Å². The zero-order valence-electron chi connectivity index (χ0n) is 9.25. The van der Waals surface area contributed by atoms with E-state index in [9.17, 15) is 0 Å². The molecule has 16 heavy (non-hydrogen) atoms. The summed E-state index contributed by atoms with van der Waals surface area (Å²) in [5, 5.41) is 2.60. The van der Waals surface area contributed by atoms with E-state index < -0.39 is 0 Å². The van der Waals surface area contributed by atoms with Crippen LogP contribution in [0.4, 0.5) is 0 Å². The highest BCUT2D eigenvalue weighted by Crippen LogP contribution is 2.44. The maximum atomic E-state index is 6.29. The molecule has 0 aliphatic carbocycles. The topological polar surface area (TPSA) is 12.9 Å². The number of pyridine rings is 1. The minimum Gasteiger partial charge on any atom is -0.253 e. The number of hydrogen-bond acceptors (Lipinski definition) is 2. The van der Waals surface area contributed by atoms with Gasteiger partial charge in [-0.15, -0.1) is 11.8 Å². The zero-order valence-corrected chi connectivity index (χ0v) is 10.8. The number of hydrogen-bond donors (Lipinski definition) is 0. The quantitative estimate of drug-likeness (QED) is 0.693. The van der Waals surface area contributed by atoms with E-state index in [-0.39, 0.29) is 0 Å². The van der Waals surface area contributed by atoms with Crippen LogP contribution in [-0.2, 0) is 6.42 Å². The first-order valence-electron chi connectivity index (χ1n) is 5.41. The molecular weight excluding hydrogens is 238 g/mol. The van der Waals surface area contributed by atoms with Crippen molar-refractivity contribution < 1.29 is 0 Å². The SMILES string of the molecule is Cc1nc2cccc(Cl)c2c2c1CC(C)S2. The van der Waals surface area contributed by atoms with Crippen LogP contribution in [0.5, 0.6) is 0 Å². The minimum atomic E-state index is 0.636. The number of aryl methyl sites for hydroxylation is 1. The van der Waals surface area contributed by atoms with Crippen LogP contribution in [0.15, 0.2) is 23.1 Å². The monoisotopic (exact) mass is 249 g/mol. The molecule has 1 nitrogen and oxygen atoms in total. The van der Waals surface area contributed by atoms with Crippen LogP contribution in [0.1, 0.15) is 18.2 Å². The van der Waals surface area contributed by atoms with Crippen molar-refractivity contribution in [3.63, 3.8) is 0 Å². The second-order valence-corrected chi connectivity index (χ2v) is 6.13. The fourth-order valence-electron chi connectivity index (χ4n) is 2.29. The molecule has 1 aromatic carbocycles. The highest BCUT2D eigenvalue weighted by atomic mass is 35.5. The lowest BCUT2D eigenvalue weighted by Gasteiger charge is -2.08. The normalized spacial score (nSPS) is 19.1. The number of halogens is 1. The predicted octanol–water partition coefficient (Wildman–Crippen LogP) is 4.23. The molecule has 3 heteroatoms. The summed E-state index contributed by atoms with van der Waals surface area (Å²) in [5.41, 5.74) is 3.56. The minimum absolute atomic E-state index is 0.636. The third-order valence-electron chi connectivity index (χ3n) is 3.03. The van der Waals surface area contributed by atoms with Gasteiger partial charge in [0.15, 0.2) is 0 Å². The van der Waals surface area contributed by atoms with Crippen LogP contribution < -0.4 is 0 Å². The average Bonchev–Trinajstić information content (AvgIpc) is 2.60. The largest absolute Gasteiger partial charge is 0.253 e. The van der Waals surface area contributed by atoms with Gasteiger partial charge in [0.25, 0.3) is 0 Å². The first kappa shape index (κ1) is 10.4. The van der Waals surface area contributed by atoms with E-state index >= 15 is 0 Å². The van der Waals surface area contributed by atoms with E-state index in [1.807, 2.05) is 30.0 Å². The second-order valence-electron chi connectivity index (χ2n) is 4.27. The van der Waals surface area contributed by atoms with E-state index in [0.717, 1.165) is 28.0 Å². The smallest absolute Gasteiger partial charge is 0.0731 e. The summed E-state index contributed by atoms with van der Waals surface area (Å²) in [6.07, 6.45) is 1.11. The van der Waals surface area contributed by atoms with Gasteiger partial charge in [-0.3, -0.25) is 4.98 Å². The maximum Gasteiger partial charge on any atom is 0.0731 e. The molecule has 1 aliphatic rings. The lowest BCUT2D eigenvalue weighted by molar-refractivity contribution is 0.937. The molecule has 0 amide bonds. The molecule has 0 bridgehead atoms. The Hall–Kier alpha value is -0.730. The summed E-state index contributed by atoms with van der Waals surface area (Å²) in [4.78, 5) is 5.99. The zero-order chi connectivity index (χ0) is 11.3. The molecule has 0 N–H and O–H groups in total. The first-order valence-corrected chi connectivity index (χ1v) is 6.67. The molecule has 1 atom stereocenters. The third kappa shape index (κ3) is 1.44. The highest BCUT2D eigenvalue weighted by molar-refractivity contribution is 8.00. The standard InChI is InChI=1S/C13H12ClNS/c1-7-6-9-8(2)15-11-5-3-4-10(14)12(11)13(9)16-7/h3-5,7H,6H2,1-2H3. The molecule has 0 fully saturated rings. The summed E-state index contributed by atoms with van der Waals surface area (Å²) in [7, 11) is 0. The Labute approximate surface area is 104 Å². The van der Waals surface area contributed by atoms with Gasteiger partial charge in [0, 0.05) is 21.2 Å². The van der Waals surface area contributed by atoms with E-state index in [4.69, 9.17) is 11.6 Å². The van der Waals surface area contributed by atoms with Crippen molar-refractivity contribution in [2.45, 2.75) is 30.4 Å². The molecular formula is C13H12ClNS. The number of aromatic nitrogens is 1. The molecule has 3 rings (SSSR count). The van der Waals surface area contributed by atoms with Gasteiger partial charge in [-0.2, -0.15) is 0 Å². The molecule has 82 valence electrons. The Kier molecular flexibility index (Phi) is 2.37. The van der Waals surface area contributed by atoms with Gasteiger partial charge in [-0.1, -0.05) is 24.6 Å². The van der Waals surface area contributed by atoms with Crippen molar-refractivity contribution in [1.82, 2.24) is 4.98 Å². The Morgan fingerprint density at radius 3 is 3.06 bits per heavy atom. The van der Waals surface area contributed by atoms with Gasteiger partial charge >= 0.3 is 0 Å². The van der Waals surface area contributed by atoms with E-state index in [0.29, 0.717) is 5.25 Å². The van der Waals surface area contributed by atoms with Gasteiger partial charge in [-0.25, -0.2) is 0 Å². The Bertz CT molecular complexity index is 580. The van der Waals surface area contributed by atoms with Crippen molar-refractivity contribution in [3.8, 4) is 0 Å². The lowest BCUT2D eigenvalue weighted by atomic mass is 10.1. The van der Waals surface area contributed by atoms with Gasteiger partial charge in [0.1, 0.15) is 0 Å². The van der Waals surface area contributed by atoms with Crippen molar-refractivity contribution in [2.24, 2.45) is 0 Å². The molecule has 1 aliphatic heterocycles. The van der Waals surface area contributed by atoms with Gasteiger partial charge in [0.05, 0.1) is 10.5 Å². The Morgan fingerprint density at radius 2 is 2.25 bits per heavy atom. The highest BCUT2D eigenvalue weighted by Gasteiger charge is 2.24. The van der Waals surface area contributed by atoms with Crippen molar-refractivity contribution in [3.05, 3.63) is 34.5 Å². The summed E-state index contributed by atoms with van der Waals surface area (Å²) >= 11 is 8.21. The van der Waals surface area contributed by atoms with Crippen molar-refractivity contribution in [2.75, 3.05) is 0 Å². The maximum absolute atomic E-state index is 6.29. The van der Waals surface area contributed by atoms with Gasteiger partial charge in [-0.05, 0) is 31.0 Å². The lowest BCUT2D eigenvalue weighted by Crippen LogP contribution is -1.96. The number of fused-ring (bicyclic) bond motifs is 3. The number of benzene rings is 1. The number of rotatable bonds is 0. The molecule has 0 spiro atoms. The Morgan fingerprint density at radius 1 is 1.44 bits per heavy atom. The summed E-state index contributed by atoms with van der Waals surface area (Å²) < 4.78 is 0. The molecule has 1 unspecified atom stereocenters. The van der Waals surface area contributed by atoms with Crippen molar-refractivity contribution in [1.29, 1.82) is 0 Å². The molecule has 0 radical (unpaired) electrons. The van der Waals surface area contributed by atoms with E-state index in [2.05, 4.69) is 18.8 Å². The average molecular weight is 250 g/mol. The summed E-state index contributed by atoms with van der Waals surface area (Å²) in [5.74, 6) is 0. The van der Waals surface area contributed by atoms with Crippen LogP contribution in [0.25, 0.3) is 10.9 Å². The van der Waals surface area contributed by atoms with Crippen LogP contribution in [0.2, 0.25) is 5.02 Å². The number of nitrogens with zero attached hydrogens (tertiary/aromatic N) is 1. The first-order chi connectivity index (χ1) is 7.66. The molecule has 1 aromatic heterocycles. The predicted molar refractivity (Wildman–Crippen MR) is 70.5 cm³/mol. The number of thioether (sulfide) groups is 1. The Balaban J connectivity index is 2.43. The van der Waals surface area contributed by atoms with Crippen LogP contribution >= 0.6 is 23.4 Å². The fourth-order valence-corrected chi connectivity index (χ4v) is 3.97. The van der Waals surface area contributed by atoms with Crippen LogP contribution in [0.3, 0.4) is 0 Å². The molecule has 0 saturated heterocycles. The molecule has 2 heterocycles. The summed E-state index contributed by atoms with van der Waals surface area (Å²) in [6.45, 7) is 4.35. The van der Waals surface area contributed by atoms with E-state index in [1.54, 1.807) is 0 Å². The molecule has 0 saturated carbocycles. The second kappa shape index (κ2) is 3.64. The summed E-state index contributed by atoms with van der Waals surface area (Å²) in [6, 6.07) is 5.95. The fraction of sp³-hybridized carbons (Fsp3) is 0.308. The third-order valence-corrected chi connectivity index (χ3v) is 4.60. The van der Waals surface area contributed by atoms with Crippen molar-refractivity contribution >= 4 is 34.3 Å². The van der Waals surface area contributed by atoms with E-state index in [1.165, 1.54) is 10.5 Å². The van der Waals surface area contributed by atoms with Crippen LogP contribution in [0, 0.1) is 6.92 Å². The van der Waals surface area contributed by atoms with Gasteiger partial charge < -0.3 is 0 Å². The molecule has 2 aromatic rings.